The van der Waals surface area contributed by atoms with Crippen molar-refractivity contribution in [3.05, 3.63) is 46.0 Å². The van der Waals surface area contributed by atoms with Gasteiger partial charge in [-0.1, -0.05) is 34.1 Å². The standard InChI is InChI=1S/C13H13BrO/c14-12-7-5-10(6-8-12)9-13(15)11-3-1-2-4-11/h3,5-8H,1-2,4,9H2. The highest BCUT2D eigenvalue weighted by Gasteiger charge is 2.13. The van der Waals surface area contributed by atoms with Crippen LogP contribution in [0.4, 0.5) is 0 Å². The van der Waals surface area contributed by atoms with Gasteiger partial charge in [-0.3, -0.25) is 4.79 Å². The van der Waals surface area contributed by atoms with Crippen LogP contribution in [0.2, 0.25) is 0 Å². The third-order valence-corrected chi connectivity index (χ3v) is 3.21. The summed E-state index contributed by atoms with van der Waals surface area (Å²) < 4.78 is 1.05. The number of Topliss-reactive ketones (excluding diaryl/α,β-unsaturated/α-hetero) is 1. The lowest BCUT2D eigenvalue weighted by molar-refractivity contribution is -0.115. The van der Waals surface area contributed by atoms with Crippen LogP contribution in [0.3, 0.4) is 0 Å². The molecule has 0 spiro atoms. The zero-order valence-electron chi connectivity index (χ0n) is 8.50. The second kappa shape index (κ2) is 4.75. The lowest BCUT2D eigenvalue weighted by Crippen LogP contribution is -2.04. The van der Waals surface area contributed by atoms with Gasteiger partial charge < -0.3 is 0 Å². The van der Waals surface area contributed by atoms with Gasteiger partial charge in [0.05, 0.1) is 0 Å². The molecule has 0 bridgehead atoms. The Labute approximate surface area is 98.3 Å². The Morgan fingerprint density at radius 1 is 1.27 bits per heavy atom. The summed E-state index contributed by atoms with van der Waals surface area (Å²) in [4.78, 5) is 11.8. The predicted molar refractivity (Wildman–Crippen MR) is 64.8 cm³/mol. The Morgan fingerprint density at radius 2 is 2.00 bits per heavy atom. The average molecular weight is 265 g/mol. The maximum atomic E-state index is 11.8. The largest absolute Gasteiger partial charge is 0.294 e. The Balaban J connectivity index is 2.02. The van der Waals surface area contributed by atoms with E-state index in [0.717, 1.165) is 34.9 Å². The summed E-state index contributed by atoms with van der Waals surface area (Å²) in [6.07, 6.45) is 5.80. The number of rotatable bonds is 3. The molecule has 1 aliphatic rings. The van der Waals surface area contributed by atoms with E-state index in [2.05, 4.69) is 22.0 Å². The summed E-state index contributed by atoms with van der Waals surface area (Å²) in [6.45, 7) is 0. The van der Waals surface area contributed by atoms with Gasteiger partial charge in [-0.05, 0) is 42.5 Å². The van der Waals surface area contributed by atoms with E-state index in [0.29, 0.717) is 6.42 Å². The molecule has 2 rings (SSSR count). The predicted octanol–water partition coefficient (Wildman–Crippen LogP) is 3.67. The summed E-state index contributed by atoms with van der Waals surface area (Å²) in [6, 6.07) is 7.95. The minimum atomic E-state index is 0.287. The number of benzene rings is 1. The number of allylic oxidation sites excluding steroid dienone is 2. The first-order chi connectivity index (χ1) is 7.25. The van der Waals surface area contributed by atoms with Crippen LogP contribution in [-0.2, 0) is 11.2 Å². The normalized spacial score (nSPS) is 15.1. The SMILES string of the molecule is O=C(Cc1ccc(Br)cc1)C1=CCCC1. The van der Waals surface area contributed by atoms with Gasteiger partial charge in [-0.25, -0.2) is 0 Å². The van der Waals surface area contributed by atoms with E-state index < -0.39 is 0 Å². The highest BCUT2D eigenvalue weighted by atomic mass is 79.9. The Kier molecular flexibility index (Phi) is 3.37. The Hall–Kier alpha value is -0.890. The molecule has 1 aliphatic carbocycles. The first kappa shape index (κ1) is 10.6. The summed E-state index contributed by atoms with van der Waals surface area (Å²) in [5.74, 6) is 0.287. The third-order valence-electron chi connectivity index (χ3n) is 2.68. The minimum Gasteiger partial charge on any atom is -0.294 e. The zero-order chi connectivity index (χ0) is 10.7. The maximum Gasteiger partial charge on any atom is 0.162 e. The molecule has 1 aromatic rings. The van der Waals surface area contributed by atoms with Crippen LogP contribution in [0.1, 0.15) is 24.8 Å². The van der Waals surface area contributed by atoms with Gasteiger partial charge in [0.2, 0.25) is 0 Å². The molecular formula is C13H13BrO. The fraction of sp³-hybridized carbons (Fsp3) is 0.308. The van der Waals surface area contributed by atoms with Gasteiger partial charge in [-0.2, -0.15) is 0 Å². The minimum absolute atomic E-state index is 0.287. The first-order valence-corrected chi connectivity index (χ1v) is 6.02. The van der Waals surface area contributed by atoms with Gasteiger partial charge in [0.25, 0.3) is 0 Å². The monoisotopic (exact) mass is 264 g/mol. The van der Waals surface area contributed by atoms with E-state index in [1.807, 2.05) is 24.3 Å². The van der Waals surface area contributed by atoms with Crippen LogP contribution >= 0.6 is 15.9 Å². The fourth-order valence-corrected chi connectivity index (χ4v) is 2.09. The molecule has 2 heteroatoms. The van der Waals surface area contributed by atoms with Crippen molar-refractivity contribution < 1.29 is 4.79 Å². The van der Waals surface area contributed by atoms with Gasteiger partial charge in [-0.15, -0.1) is 0 Å². The van der Waals surface area contributed by atoms with E-state index in [4.69, 9.17) is 0 Å². The van der Waals surface area contributed by atoms with E-state index >= 15 is 0 Å². The fourth-order valence-electron chi connectivity index (χ4n) is 1.83. The molecule has 0 amide bonds. The molecule has 0 unspecified atom stereocenters. The molecular weight excluding hydrogens is 252 g/mol. The van der Waals surface area contributed by atoms with Gasteiger partial charge >= 0.3 is 0 Å². The van der Waals surface area contributed by atoms with Gasteiger partial charge in [0, 0.05) is 10.9 Å². The molecule has 78 valence electrons. The number of ketones is 1. The highest BCUT2D eigenvalue weighted by molar-refractivity contribution is 9.10. The van der Waals surface area contributed by atoms with E-state index in [1.54, 1.807) is 0 Å². The third kappa shape index (κ3) is 2.78. The number of carbonyl (C=O) groups is 1. The van der Waals surface area contributed by atoms with Crippen LogP contribution < -0.4 is 0 Å². The quantitative estimate of drug-likeness (QED) is 0.814. The molecule has 0 atom stereocenters. The summed E-state index contributed by atoms with van der Waals surface area (Å²) in [5.41, 5.74) is 2.12. The van der Waals surface area contributed by atoms with Gasteiger partial charge in [0.1, 0.15) is 0 Å². The number of hydrogen-bond donors (Lipinski definition) is 0. The summed E-state index contributed by atoms with van der Waals surface area (Å²) in [5, 5.41) is 0. The zero-order valence-corrected chi connectivity index (χ0v) is 10.1. The molecule has 0 N–H and O–H groups in total. The maximum absolute atomic E-state index is 11.8. The lowest BCUT2D eigenvalue weighted by Gasteiger charge is -2.02. The second-order valence-electron chi connectivity index (χ2n) is 3.85. The van der Waals surface area contributed by atoms with Crippen molar-refractivity contribution in [2.75, 3.05) is 0 Å². The molecule has 1 nitrogen and oxygen atoms in total. The highest BCUT2D eigenvalue weighted by Crippen LogP contribution is 2.20. The van der Waals surface area contributed by atoms with Crippen LogP contribution in [0.15, 0.2) is 40.4 Å². The first-order valence-electron chi connectivity index (χ1n) is 5.22. The topological polar surface area (TPSA) is 17.1 Å². The number of carbonyl (C=O) groups excluding carboxylic acids is 1. The molecule has 0 heterocycles. The van der Waals surface area contributed by atoms with E-state index in [9.17, 15) is 4.79 Å². The van der Waals surface area contributed by atoms with Crippen molar-refractivity contribution in [2.45, 2.75) is 25.7 Å². The Bertz CT molecular complexity index is 390. The number of halogens is 1. The van der Waals surface area contributed by atoms with Crippen LogP contribution in [0.25, 0.3) is 0 Å². The molecule has 0 aliphatic heterocycles. The number of hydrogen-bond acceptors (Lipinski definition) is 1. The summed E-state index contributed by atoms with van der Waals surface area (Å²) in [7, 11) is 0. The molecule has 0 radical (unpaired) electrons. The molecule has 0 saturated heterocycles. The van der Waals surface area contributed by atoms with Crippen molar-refractivity contribution in [3.8, 4) is 0 Å². The molecule has 1 aromatic carbocycles. The van der Waals surface area contributed by atoms with Crippen molar-refractivity contribution in [1.29, 1.82) is 0 Å². The summed E-state index contributed by atoms with van der Waals surface area (Å²) >= 11 is 3.38. The van der Waals surface area contributed by atoms with Crippen molar-refractivity contribution in [3.63, 3.8) is 0 Å². The molecule has 15 heavy (non-hydrogen) atoms. The van der Waals surface area contributed by atoms with Crippen LogP contribution in [0, 0.1) is 0 Å². The van der Waals surface area contributed by atoms with Gasteiger partial charge in [0.15, 0.2) is 5.78 Å². The van der Waals surface area contributed by atoms with Crippen molar-refractivity contribution >= 4 is 21.7 Å². The van der Waals surface area contributed by atoms with E-state index in [1.165, 1.54) is 0 Å². The van der Waals surface area contributed by atoms with Crippen LogP contribution in [0.5, 0.6) is 0 Å². The average Bonchev–Trinajstić information content (AvgIpc) is 2.74. The smallest absolute Gasteiger partial charge is 0.162 e. The van der Waals surface area contributed by atoms with Crippen molar-refractivity contribution in [1.82, 2.24) is 0 Å². The lowest BCUT2D eigenvalue weighted by atomic mass is 10.0. The molecule has 0 aromatic heterocycles. The van der Waals surface area contributed by atoms with Crippen molar-refractivity contribution in [2.24, 2.45) is 0 Å². The van der Waals surface area contributed by atoms with Crippen LogP contribution in [-0.4, -0.2) is 5.78 Å². The second-order valence-corrected chi connectivity index (χ2v) is 4.76. The molecule has 0 fully saturated rings. The van der Waals surface area contributed by atoms with E-state index in [-0.39, 0.29) is 5.78 Å². The Morgan fingerprint density at radius 3 is 2.60 bits per heavy atom. The molecule has 0 saturated carbocycles.